The lowest BCUT2D eigenvalue weighted by Gasteiger charge is -2.09. The number of hydrogen-bond acceptors (Lipinski definition) is 2. The van der Waals surface area contributed by atoms with Crippen LogP contribution in [0.2, 0.25) is 0 Å². The second-order valence-electron chi connectivity index (χ2n) is 6.26. The number of hydrogen-bond donors (Lipinski definition) is 2. The van der Waals surface area contributed by atoms with Crippen molar-refractivity contribution in [3.8, 4) is 5.69 Å². The molecule has 0 saturated heterocycles. The zero-order valence-corrected chi connectivity index (χ0v) is 17.9. The Bertz CT molecular complexity index is 965. The number of guanidine groups is 1. The molecule has 27 heavy (non-hydrogen) atoms. The summed E-state index contributed by atoms with van der Waals surface area (Å²) in [5.74, 6) is 0.708. The number of imidazole rings is 1. The average Bonchev–Trinajstić information content (AvgIpc) is 3.02. The smallest absolute Gasteiger partial charge is 0.193 e. The van der Waals surface area contributed by atoms with Crippen LogP contribution in [0.4, 0.5) is 10.1 Å². The molecule has 0 aliphatic rings. The summed E-state index contributed by atoms with van der Waals surface area (Å²) in [5.41, 5.74) is 10.4. The van der Waals surface area contributed by atoms with E-state index in [1.165, 1.54) is 17.2 Å². The Morgan fingerprint density at radius 2 is 1.93 bits per heavy atom. The van der Waals surface area contributed by atoms with Gasteiger partial charge < -0.3 is 15.6 Å². The second kappa shape index (κ2) is 8.98. The quantitative estimate of drug-likeness (QED) is 0.330. The van der Waals surface area contributed by atoms with Gasteiger partial charge in [0.05, 0.1) is 12.2 Å². The summed E-state index contributed by atoms with van der Waals surface area (Å²) in [6, 6.07) is 11.0. The number of rotatable bonds is 4. The van der Waals surface area contributed by atoms with E-state index in [9.17, 15) is 4.39 Å². The molecule has 5 nitrogen and oxygen atoms in total. The van der Waals surface area contributed by atoms with E-state index >= 15 is 0 Å². The van der Waals surface area contributed by atoms with Gasteiger partial charge in [-0.2, -0.15) is 0 Å². The Balaban J connectivity index is 0.00000261. The molecule has 0 amide bonds. The van der Waals surface area contributed by atoms with Crippen LogP contribution in [0, 0.1) is 26.6 Å². The van der Waals surface area contributed by atoms with Crippen molar-refractivity contribution >= 4 is 35.6 Å². The highest BCUT2D eigenvalue weighted by molar-refractivity contribution is 14.0. The summed E-state index contributed by atoms with van der Waals surface area (Å²) in [6.07, 6.45) is 3.38. The molecule has 0 aliphatic carbocycles. The lowest BCUT2D eigenvalue weighted by molar-refractivity contribution is 0.614. The van der Waals surface area contributed by atoms with E-state index in [1.807, 2.05) is 38.1 Å². The van der Waals surface area contributed by atoms with Gasteiger partial charge in [0.15, 0.2) is 5.96 Å². The van der Waals surface area contributed by atoms with Crippen LogP contribution >= 0.6 is 24.0 Å². The first-order valence-electron chi connectivity index (χ1n) is 8.37. The molecule has 1 heterocycles. The van der Waals surface area contributed by atoms with Crippen molar-refractivity contribution in [2.75, 3.05) is 5.32 Å². The van der Waals surface area contributed by atoms with E-state index < -0.39 is 0 Å². The van der Waals surface area contributed by atoms with Crippen LogP contribution in [0.25, 0.3) is 5.69 Å². The molecule has 3 N–H and O–H groups in total. The normalized spacial score (nSPS) is 11.2. The summed E-state index contributed by atoms with van der Waals surface area (Å²) in [6.45, 7) is 6.22. The van der Waals surface area contributed by atoms with Crippen molar-refractivity contribution in [2.24, 2.45) is 10.7 Å². The number of aromatic nitrogens is 2. The van der Waals surface area contributed by atoms with Crippen LogP contribution in [0.5, 0.6) is 0 Å². The number of benzene rings is 2. The van der Waals surface area contributed by atoms with E-state index in [-0.39, 0.29) is 29.8 Å². The number of nitrogens with zero attached hydrogens (tertiary/aromatic N) is 3. The van der Waals surface area contributed by atoms with Gasteiger partial charge in [0.2, 0.25) is 0 Å². The van der Waals surface area contributed by atoms with Gasteiger partial charge in [-0.1, -0.05) is 12.1 Å². The second-order valence-corrected chi connectivity index (χ2v) is 6.26. The third-order valence-corrected chi connectivity index (χ3v) is 4.31. The lowest BCUT2D eigenvalue weighted by atomic mass is 10.1. The van der Waals surface area contributed by atoms with Gasteiger partial charge in [-0.3, -0.25) is 0 Å². The maximum absolute atomic E-state index is 14.4. The molecule has 0 fully saturated rings. The Labute approximate surface area is 175 Å². The number of anilines is 1. The van der Waals surface area contributed by atoms with Crippen LogP contribution in [0.3, 0.4) is 0 Å². The predicted molar refractivity (Wildman–Crippen MR) is 119 cm³/mol. The van der Waals surface area contributed by atoms with Crippen LogP contribution < -0.4 is 11.1 Å². The Morgan fingerprint density at radius 1 is 1.15 bits per heavy atom. The Hall–Kier alpha value is -2.42. The van der Waals surface area contributed by atoms with Gasteiger partial charge >= 0.3 is 0 Å². The first-order chi connectivity index (χ1) is 12.4. The summed E-state index contributed by atoms with van der Waals surface area (Å²) in [4.78, 5) is 8.41. The molecule has 0 aliphatic heterocycles. The van der Waals surface area contributed by atoms with Gasteiger partial charge in [-0.25, -0.2) is 14.4 Å². The van der Waals surface area contributed by atoms with E-state index in [0.29, 0.717) is 18.2 Å². The van der Waals surface area contributed by atoms with E-state index in [4.69, 9.17) is 5.73 Å². The maximum Gasteiger partial charge on any atom is 0.193 e. The van der Waals surface area contributed by atoms with Gasteiger partial charge in [0, 0.05) is 18.1 Å². The maximum atomic E-state index is 14.4. The molecule has 0 saturated carbocycles. The van der Waals surface area contributed by atoms with Gasteiger partial charge in [0.1, 0.15) is 11.6 Å². The molecule has 3 aromatic rings. The van der Waals surface area contributed by atoms with Gasteiger partial charge in [0.25, 0.3) is 0 Å². The van der Waals surface area contributed by atoms with Crippen molar-refractivity contribution in [3.05, 3.63) is 77.1 Å². The first kappa shape index (κ1) is 20.9. The summed E-state index contributed by atoms with van der Waals surface area (Å²) < 4.78 is 16.1. The largest absolute Gasteiger partial charge is 0.370 e. The fourth-order valence-electron chi connectivity index (χ4n) is 2.66. The molecule has 0 radical (unpaired) electrons. The number of aryl methyl sites for hydroxylation is 3. The highest BCUT2D eigenvalue weighted by atomic mass is 127. The highest BCUT2D eigenvalue weighted by Crippen LogP contribution is 2.17. The summed E-state index contributed by atoms with van der Waals surface area (Å²) >= 11 is 0. The lowest BCUT2D eigenvalue weighted by Crippen LogP contribution is -2.22. The standard InChI is InChI=1S/C20H22FN5.HI/c1-13-4-6-17(10-14(13)2)25-20(22)24-12-16-5-7-19(18(21)11-16)26-9-8-23-15(26)3;/h4-11H,12H2,1-3H3,(H3,22,24,25);1H. The van der Waals surface area contributed by atoms with Crippen LogP contribution in [0.15, 0.2) is 53.8 Å². The summed E-state index contributed by atoms with van der Waals surface area (Å²) in [7, 11) is 0. The minimum atomic E-state index is -0.320. The van der Waals surface area contributed by atoms with Crippen molar-refractivity contribution in [3.63, 3.8) is 0 Å². The molecule has 0 atom stereocenters. The Kier molecular flexibility index (Phi) is 6.95. The fraction of sp³-hybridized carbons (Fsp3) is 0.200. The fourth-order valence-corrected chi connectivity index (χ4v) is 2.66. The SMILES string of the molecule is Cc1ccc(NC(N)=NCc2ccc(-n3ccnc3C)c(F)c2)cc1C.I. The molecule has 7 heteroatoms. The number of nitrogens with two attached hydrogens (primary N) is 1. The molecular weight excluding hydrogens is 456 g/mol. The first-order valence-corrected chi connectivity index (χ1v) is 8.37. The predicted octanol–water partition coefficient (Wildman–Crippen LogP) is 4.48. The average molecular weight is 479 g/mol. The molecule has 2 aromatic carbocycles. The van der Waals surface area contributed by atoms with E-state index in [2.05, 4.69) is 22.2 Å². The van der Waals surface area contributed by atoms with Crippen molar-refractivity contribution in [2.45, 2.75) is 27.3 Å². The van der Waals surface area contributed by atoms with Gasteiger partial charge in [-0.15, -0.1) is 24.0 Å². The van der Waals surface area contributed by atoms with E-state index in [0.717, 1.165) is 17.1 Å². The molecule has 0 bridgehead atoms. The van der Waals surface area contributed by atoms with Crippen molar-refractivity contribution < 1.29 is 4.39 Å². The molecule has 3 rings (SSSR count). The summed E-state index contributed by atoms with van der Waals surface area (Å²) in [5, 5.41) is 3.06. The third-order valence-electron chi connectivity index (χ3n) is 4.31. The minimum absolute atomic E-state index is 0. The van der Waals surface area contributed by atoms with Crippen molar-refractivity contribution in [1.29, 1.82) is 0 Å². The third kappa shape index (κ3) is 5.06. The van der Waals surface area contributed by atoms with Crippen LogP contribution in [0.1, 0.15) is 22.5 Å². The van der Waals surface area contributed by atoms with Crippen LogP contribution in [-0.4, -0.2) is 15.5 Å². The van der Waals surface area contributed by atoms with Crippen molar-refractivity contribution in [1.82, 2.24) is 9.55 Å². The zero-order valence-electron chi connectivity index (χ0n) is 15.5. The number of aliphatic imine (C=N–C) groups is 1. The molecule has 0 spiro atoms. The highest BCUT2D eigenvalue weighted by Gasteiger charge is 2.08. The molecule has 142 valence electrons. The zero-order chi connectivity index (χ0) is 18.7. The van der Waals surface area contributed by atoms with E-state index in [1.54, 1.807) is 23.0 Å². The Morgan fingerprint density at radius 3 is 2.56 bits per heavy atom. The topological polar surface area (TPSA) is 68.2 Å². The monoisotopic (exact) mass is 479 g/mol. The number of nitrogens with one attached hydrogen (secondary N) is 1. The van der Waals surface area contributed by atoms with Gasteiger partial charge in [-0.05, 0) is 61.7 Å². The minimum Gasteiger partial charge on any atom is -0.370 e. The molecular formula is C20H23FIN5. The van der Waals surface area contributed by atoms with Crippen LogP contribution in [-0.2, 0) is 6.54 Å². The molecule has 0 unspecified atom stereocenters. The molecule has 1 aromatic heterocycles. The number of halogens is 2.